The molecule has 0 aromatic heterocycles. The molecule has 1 amide bonds. The van der Waals surface area contributed by atoms with Gasteiger partial charge in [0.25, 0.3) is 0 Å². The third kappa shape index (κ3) is 3.16. The van der Waals surface area contributed by atoms with Crippen molar-refractivity contribution in [2.75, 3.05) is 26.5 Å². The molecule has 1 saturated heterocycles. The Morgan fingerprint density at radius 3 is 2.50 bits per heavy atom. The lowest BCUT2D eigenvalue weighted by molar-refractivity contribution is -0.143. The molecule has 2 saturated carbocycles. The van der Waals surface area contributed by atoms with Crippen molar-refractivity contribution >= 4 is 15.9 Å². The standard InChI is InChI=1S/C15H26N2O4S/c1-21-15(4-3-5-15)10-13(18)17-7-6-14(11-17)8-12(9-14)16-22(2,19)20/h12,16H,3-11H2,1-2H3. The minimum Gasteiger partial charge on any atom is -0.378 e. The molecular formula is C15H26N2O4S. The minimum absolute atomic E-state index is 0.0435. The molecule has 3 rings (SSSR count). The Bertz CT molecular complexity index is 544. The first-order chi connectivity index (χ1) is 10.2. The van der Waals surface area contributed by atoms with Crippen molar-refractivity contribution in [3.8, 4) is 0 Å². The second kappa shape index (κ2) is 5.46. The highest BCUT2D eigenvalue weighted by Crippen LogP contribution is 2.49. The van der Waals surface area contributed by atoms with Crippen molar-refractivity contribution in [3.63, 3.8) is 0 Å². The number of likely N-dealkylation sites (tertiary alicyclic amines) is 1. The Balaban J connectivity index is 1.50. The number of carbonyl (C=O) groups excluding carboxylic acids is 1. The summed E-state index contributed by atoms with van der Waals surface area (Å²) in [6.45, 7) is 1.57. The van der Waals surface area contributed by atoms with Crippen molar-refractivity contribution in [3.05, 3.63) is 0 Å². The van der Waals surface area contributed by atoms with Crippen LogP contribution in [0.2, 0.25) is 0 Å². The molecule has 22 heavy (non-hydrogen) atoms. The SMILES string of the molecule is COC1(CC(=O)N2CCC3(CC(NS(C)(=O)=O)C3)C2)CCC1. The number of sulfonamides is 1. The largest absolute Gasteiger partial charge is 0.378 e. The Hall–Kier alpha value is -0.660. The van der Waals surface area contributed by atoms with Gasteiger partial charge in [0, 0.05) is 26.2 Å². The number of ether oxygens (including phenoxy) is 1. The number of nitrogens with zero attached hydrogens (tertiary/aromatic N) is 1. The van der Waals surface area contributed by atoms with Crippen molar-refractivity contribution < 1.29 is 17.9 Å². The Morgan fingerprint density at radius 1 is 1.32 bits per heavy atom. The molecule has 0 aromatic carbocycles. The summed E-state index contributed by atoms with van der Waals surface area (Å²) in [4.78, 5) is 14.4. The van der Waals surface area contributed by atoms with E-state index in [1.54, 1.807) is 7.11 Å². The fourth-order valence-corrected chi connectivity index (χ4v) is 5.04. The molecule has 1 heterocycles. The van der Waals surface area contributed by atoms with Gasteiger partial charge < -0.3 is 9.64 Å². The van der Waals surface area contributed by atoms with Crippen LogP contribution in [0.5, 0.6) is 0 Å². The van der Waals surface area contributed by atoms with Gasteiger partial charge in [-0.25, -0.2) is 13.1 Å². The molecule has 3 fully saturated rings. The zero-order valence-corrected chi connectivity index (χ0v) is 14.2. The molecule has 1 spiro atoms. The van der Waals surface area contributed by atoms with Crippen LogP contribution in [0, 0.1) is 5.41 Å². The molecular weight excluding hydrogens is 304 g/mol. The first kappa shape index (κ1) is 16.2. The van der Waals surface area contributed by atoms with Crippen LogP contribution in [-0.4, -0.2) is 57.3 Å². The van der Waals surface area contributed by atoms with Crippen molar-refractivity contribution in [1.82, 2.24) is 9.62 Å². The van der Waals surface area contributed by atoms with E-state index in [0.717, 1.165) is 51.6 Å². The number of hydrogen-bond donors (Lipinski definition) is 1. The molecule has 3 aliphatic rings. The third-order valence-electron chi connectivity index (χ3n) is 5.70. The van der Waals surface area contributed by atoms with Gasteiger partial charge in [-0.1, -0.05) is 0 Å². The molecule has 2 aliphatic carbocycles. The van der Waals surface area contributed by atoms with E-state index in [1.165, 1.54) is 6.26 Å². The number of hydrogen-bond acceptors (Lipinski definition) is 4. The van der Waals surface area contributed by atoms with Crippen LogP contribution in [0.15, 0.2) is 0 Å². The second-order valence-electron chi connectivity index (χ2n) is 7.48. The monoisotopic (exact) mass is 330 g/mol. The first-order valence-electron chi connectivity index (χ1n) is 8.05. The molecule has 0 radical (unpaired) electrons. The predicted molar refractivity (Wildman–Crippen MR) is 82.8 cm³/mol. The maximum atomic E-state index is 12.5. The van der Waals surface area contributed by atoms with Crippen LogP contribution in [0.4, 0.5) is 0 Å². The number of nitrogens with one attached hydrogen (secondary N) is 1. The topological polar surface area (TPSA) is 75.7 Å². The maximum Gasteiger partial charge on any atom is 0.225 e. The smallest absolute Gasteiger partial charge is 0.225 e. The summed E-state index contributed by atoms with van der Waals surface area (Å²) in [7, 11) is -1.43. The molecule has 126 valence electrons. The van der Waals surface area contributed by atoms with E-state index >= 15 is 0 Å². The lowest BCUT2D eigenvalue weighted by Gasteiger charge is -2.45. The summed E-state index contributed by atoms with van der Waals surface area (Å²) in [5.74, 6) is 0.193. The Morgan fingerprint density at radius 2 is 2.00 bits per heavy atom. The van der Waals surface area contributed by atoms with Gasteiger partial charge in [0.15, 0.2) is 0 Å². The predicted octanol–water partition coefficient (Wildman–Crippen LogP) is 0.876. The fraction of sp³-hybridized carbons (Fsp3) is 0.933. The molecule has 0 atom stereocenters. The zero-order valence-electron chi connectivity index (χ0n) is 13.4. The Labute approximate surface area is 132 Å². The maximum absolute atomic E-state index is 12.5. The normalized spacial score (nSPS) is 33.5. The van der Waals surface area contributed by atoms with Gasteiger partial charge in [-0.05, 0) is 43.9 Å². The van der Waals surface area contributed by atoms with E-state index < -0.39 is 10.0 Å². The lowest BCUT2D eigenvalue weighted by atomic mass is 9.65. The van der Waals surface area contributed by atoms with E-state index in [-0.39, 0.29) is 23.0 Å². The van der Waals surface area contributed by atoms with E-state index in [9.17, 15) is 13.2 Å². The van der Waals surface area contributed by atoms with Crippen molar-refractivity contribution in [1.29, 1.82) is 0 Å². The van der Waals surface area contributed by atoms with Crippen LogP contribution in [0.3, 0.4) is 0 Å². The highest BCUT2D eigenvalue weighted by atomic mass is 32.2. The molecule has 0 unspecified atom stereocenters. The summed E-state index contributed by atoms with van der Waals surface area (Å²) >= 11 is 0. The number of amides is 1. The van der Waals surface area contributed by atoms with Gasteiger partial charge in [0.2, 0.25) is 15.9 Å². The van der Waals surface area contributed by atoms with Gasteiger partial charge in [0.1, 0.15) is 0 Å². The number of rotatable bonds is 5. The highest BCUT2D eigenvalue weighted by Gasteiger charge is 2.51. The van der Waals surface area contributed by atoms with E-state index in [1.807, 2.05) is 4.90 Å². The summed E-state index contributed by atoms with van der Waals surface area (Å²) in [5.41, 5.74) is -0.0787. The minimum atomic E-state index is -3.13. The summed E-state index contributed by atoms with van der Waals surface area (Å²) in [5, 5.41) is 0. The molecule has 0 aromatic rings. The summed E-state index contributed by atoms with van der Waals surface area (Å²) in [6.07, 6.45) is 7.47. The second-order valence-corrected chi connectivity index (χ2v) is 9.26. The number of carbonyl (C=O) groups is 1. The molecule has 7 heteroatoms. The quantitative estimate of drug-likeness (QED) is 0.812. The van der Waals surface area contributed by atoms with Crippen LogP contribution in [0.1, 0.15) is 44.9 Å². The van der Waals surface area contributed by atoms with Crippen LogP contribution < -0.4 is 4.72 Å². The first-order valence-corrected chi connectivity index (χ1v) is 9.94. The van der Waals surface area contributed by atoms with Crippen LogP contribution in [-0.2, 0) is 19.6 Å². The third-order valence-corrected chi connectivity index (χ3v) is 6.46. The van der Waals surface area contributed by atoms with Crippen LogP contribution in [0.25, 0.3) is 0 Å². The summed E-state index contributed by atoms with van der Waals surface area (Å²) in [6, 6.07) is 0.0435. The van der Waals surface area contributed by atoms with E-state index in [2.05, 4.69) is 4.72 Å². The average Bonchev–Trinajstić information content (AvgIpc) is 2.76. The van der Waals surface area contributed by atoms with Gasteiger partial charge in [0.05, 0.1) is 18.3 Å². The van der Waals surface area contributed by atoms with Gasteiger partial charge in [-0.15, -0.1) is 0 Å². The molecule has 1 N–H and O–H groups in total. The van der Waals surface area contributed by atoms with Gasteiger partial charge >= 0.3 is 0 Å². The number of methoxy groups -OCH3 is 1. The van der Waals surface area contributed by atoms with Crippen molar-refractivity contribution in [2.45, 2.75) is 56.6 Å². The summed E-state index contributed by atoms with van der Waals surface area (Å²) < 4.78 is 30.7. The average molecular weight is 330 g/mol. The zero-order chi connectivity index (χ0) is 16.0. The van der Waals surface area contributed by atoms with Gasteiger partial charge in [-0.3, -0.25) is 4.79 Å². The van der Waals surface area contributed by atoms with E-state index in [0.29, 0.717) is 6.42 Å². The Kier molecular flexibility index (Phi) is 4.02. The molecule has 1 aliphatic heterocycles. The molecule has 6 nitrogen and oxygen atoms in total. The van der Waals surface area contributed by atoms with Crippen molar-refractivity contribution in [2.24, 2.45) is 5.41 Å². The van der Waals surface area contributed by atoms with E-state index in [4.69, 9.17) is 4.74 Å². The van der Waals surface area contributed by atoms with Crippen LogP contribution >= 0.6 is 0 Å². The lowest BCUT2D eigenvalue weighted by Crippen LogP contribution is -2.52. The molecule has 0 bridgehead atoms. The van der Waals surface area contributed by atoms with Gasteiger partial charge in [-0.2, -0.15) is 0 Å². The highest BCUT2D eigenvalue weighted by molar-refractivity contribution is 7.88. The fourth-order valence-electron chi connectivity index (χ4n) is 4.26.